The Morgan fingerprint density at radius 2 is 2.18 bits per heavy atom. The summed E-state index contributed by atoms with van der Waals surface area (Å²) in [6.45, 7) is 6.66. The first-order valence-electron chi connectivity index (χ1n) is 6.36. The molecule has 1 fully saturated rings. The zero-order valence-corrected chi connectivity index (χ0v) is 11.0. The van der Waals surface area contributed by atoms with E-state index in [1.54, 1.807) is 7.11 Å². The van der Waals surface area contributed by atoms with Gasteiger partial charge in [0.1, 0.15) is 0 Å². The molecule has 17 heavy (non-hydrogen) atoms. The van der Waals surface area contributed by atoms with Crippen LogP contribution in [0.1, 0.15) is 32.3 Å². The summed E-state index contributed by atoms with van der Waals surface area (Å²) < 4.78 is 5.04. The van der Waals surface area contributed by atoms with Gasteiger partial charge in [-0.3, -0.25) is 0 Å². The smallest absolute Gasteiger partial charge is 0.212 e. The van der Waals surface area contributed by atoms with Crippen LogP contribution >= 0.6 is 0 Å². The van der Waals surface area contributed by atoms with Crippen LogP contribution < -0.4 is 10.1 Å². The third-order valence-corrected chi connectivity index (χ3v) is 3.93. The van der Waals surface area contributed by atoms with Gasteiger partial charge in [-0.05, 0) is 29.7 Å². The Labute approximate surface area is 104 Å². The van der Waals surface area contributed by atoms with Crippen molar-refractivity contribution in [2.75, 3.05) is 13.7 Å². The molecule has 0 bridgehead atoms. The van der Waals surface area contributed by atoms with E-state index >= 15 is 0 Å². The average molecular weight is 234 g/mol. The van der Waals surface area contributed by atoms with Gasteiger partial charge < -0.3 is 10.1 Å². The third kappa shape index (κ3) is 2.97. The Balaban J connectivity index is 1.78. The molecule has 2 rings (SSSR count). The fourth-order valence-electron chi connectivity index (χ4n) is 2.21. The summed E-state index contributed by atoms with van der Waals surface area (Å²) >= 11 is 0. The molecule has 1 heterocycles. The van der Waals surface area contributed by atoms with Crippen LogP contribution in [0.15, 0.2) is 18.3 Å². The molecule has 1 aliphatic rings. The van der Waals surface area contributed by atoms with Gasteiger partial charge in [-0.2, -0.15) is 0 Å². The van der Waals surface area contributed by atoms with Crippen molar-refractivity contribution in [2.24, 2.45) is 11.3 Å². The number of methoxy groups -OCH3 is 1. The van der Waals surface area contributed by atoms with E-state index in [9.17, 15) is 0 Å². The number of ether oxygens (including phenoxy) is 1. The minimum atomic E-state index is 0.569. The predicted molar refractivity (Wildman–Crippen MR) is 69.0 cm³/mol. The summed E-state index contributed by atoms with van der Waals surface area (Å²) in [4.78, 5) is 4.20. The summed E-state index contributed by atoms with van der Waals surface area (Å²) in [5.41, 5.74) is 1.78. The maximum absolute atomic E-state index is 5.04. The average Bonchev–Trinajstić information content (AvgIpc) is 3.11. The number of pyridine rings is 1. The predicted octanol–water partition coefficient (Wildman–Crippen LogP) is 2.62. The van der Waals surface area contributed by atoms with Gasteiger partial charge in [0.15, 0.2) is 0 Å². The summed E-state index contributed by atoms with van der Waals surface area (Å²) in [6.07, 6.45) is 4.62. The van der Waals surface area contributed by atoms with Crippen LogP contribution in [0.2, 0.25) is 0 Å². The zero-order valence-electron chi connectivity index (χ0n) is 11.0. The lowest BCUT2D eigenvalue weighted by molar-refractivity contribution is 0.337. The normalized spacial score (nSPS) is 17.2. The third-order valence-electron chi connectivity index (χ3n) is 3.93. The quantitative estimate of drug-likeness (QED) is 0.821. The Morgan fingerprint density at radius 3 is 2.65 bits per heavy atom. The van der Waals surface area contributed by atoms with Gasteiger partial charge in [0.25, 0.3) is 0 Å². The molecule has 0 radical (unpaired) electrons. The molecule has 94 valence electrons. The van der Waals surface area contributed by atoms with Crippen LogP contribution in [-0.2, 0) is 6.54 Å². The van der Waals surface area contributed by atoms with Crippen molar-refractivity contribution in [1.29, 1.82) is 0 Å². The monoisotopic (exact) mass is 234 g/mol. The molecule has 1 aromatic rings. The first-order chi connectivity index (χ1) is 8.16. The van der Waals surface area contributed by atoms with Crippen molar-refractivity contribution >= 4 is 0 Å². The van der Waals surface area contributed by atoms with Crippen molar-refractivity contribution in [2.45, 2.75) is 33.2 Å². The highest BCUT2D eigenvalue weighted by Crippen LogP contribution is 2.51. The topological polar surface area (TPSA) is 34.1 Å². The number of hydrogen-bond donors (Lipinski definition) is 1. The molecule has 0 aromatic carbocycles. The molecule has 3 heteroatoms. The lowest BCUT2D eigenvalue weighted by Crippen LogP contribution is -2.27. The van der Waals surface area contributed by atoms with Gasteiger partial charge in [-0.15, -0.1) is 0 Å². The van der Waals surface area contributed by atoms with Crippen molar-refractivity contribution in [3.63, 3.8) is 0 Å². The molecule has 1 N–H and O–H groups in total. The van der Waals surface area contributed by atoms with Crippen LogP contribution in [0, 0.1) is 11.3 Å². The summed E-state index contributed by atoms with van der Waals surface area (Å²) in [5, 5.41) is 3.54. The second kappa shape index (κ2) is 5.05. The standard InChI is InChI=1S/C14H22N2O/c1-11(2)14(6-7-14)10-15-8-12-4-5-13(17-3)16-9-12/h4-5,9,11,15H,6-8,10H2,1-3H3. The molecule has 1 saturated carbocycles. The number of rotatable bonds is 6. The molecule has 0 saturated heterocycles. The minimum absolute atomic E-state index is 0.569. The van der Waals surface area contributed by atoms with Crippen molar-refractivity contribution in [1.82, 2.24) is 10.3 Å². The molecule has 0 unspecified atom stereocenters. The molecule has 1 aliphatic carbocycles. The Bertz CT molecular complexity index is 355. The first-order valence-corrected chi connectivity index (χ1v) is 6.36. The molecular weight excluding hydrogens is 212 g/mol. The Hall–Kier alpha value is -1.09. The van der Waals surface area contributed by atoms with Crippen LogP contribution in [-0.4, -0.2) is 18.6 Å². The molecule has 3 nitrogen and oxygen atoms in total. The lowest BCUT2D eigenvalue weighted by Gasteiger charge is -2.20. The lowest BCUT2D eigenvalue weighted by atomic mass is 9.92. The van der Waals surface area contributed by atoms with Gasteiger partial charge in [-0.25, -0.2) is 4.98 Å². The number of nitrogens with one attached hydrogen (secondary N) is 1. The van der Waals surface area contributed by atoms with Crippen LogP contribution in [0.4, 0.5) is 0 Å². The maximum atomic E-state index is 5.04. The number of nitrogens with zero attached hydrogens (tertiary/aromatic N) is 1. The second-order valence-corrected chi connectivity index (χ2v) is 5.33. The summed E-state index contributed by atoms with van der Waals surface area (Å²) in [7, 11) is 1.64. The molecule has 0 aliphatic heterocycles. The van der Waals surface area contributed by atoms with Crippen molar-refractivity contribution in [3.8, 4) is 5.88 Å². The van der Waals surface area contributed by atoms with Gasteiger partial charge in [0.05, 0.1) is 7.11 Å². The molecule has 0 amide bonds. The zero-order chi connectivity index (χ0) is 12.3. The van der Waals surface area contributed by atoms with Gasteiger partial charge in [0, 0.05) is 25.4 Å². The van der Waals surface area contributed by atoms with E-state index in [1.165, 1.54) is 18.4 Å². The van der Waals surface area contributed by atoms with E-state index in [-0.39, 0.29) is 0 Å². The number of hydrogen-bond acceptors (Lipinski definition) is 3. The molecule has 0 atom stereocenters. The fourth-order valence-corrected chi connectivity index (χ4v) is 2.21. The molecule has 1 aromatic heterocycles. The molecular formula is C14H22N2O. The van der Waals surface area contributed by atoms with E-state index in [1.807, 2.05) is 12.3 Å². The van der Waals surface area contributed by atoms with Crippen LogP contribution in [0.25, 0.3) is 0 Å². The fraction of sp³-hybridized carbons (Fsp3) is 0.643. The van der Waals surface area contributed by atoms with Crippen molar-refractivity contribution < 1.29 is 4.74 Å². The highest BCUT2D eigenvalue weighted by atomic mass is 16.5. The second-order valence-electron chi connectivity index (χ2n) is 5.33. The van der Waals surface area contributed by atoms with E-state index < -0.39 is 0 Å². The van der Waals surface area contributed by atoms with Gasteiger partial charge >= 0.3 is 0 Å². The van der Waals surface area contributed by atoms with Gasteiger partial charge in [-0.1, -0.05) is 19.9 Å². The van der Waals surface area contributed by atoms with E-state index in [0.29, 0.717) is 11.3 Å². The minimum Gasteiger partial charge on any atom is -0.481 e. The van der Waals surface area contributed by atoms with Crippen molar-refractivity contribution in [3.05, 3.63) is 23.9 Å². The largest absolute Gasteiger partial charge is 0.481 e. The highest BCUT2D eigenvalue weighted by Gasteiger charge is 2.44. The maximum Gasteiger partial charge on any atom is 0.212 e. The van der Waals surface area contributed by atoms with E-state index in [0.717, 1.165) is 19.0 Å². The Morgan fingerprint density at radius 1 is 1.41 bits per heavy atom. The summed E-state index contributed by atoms with van der Waals surface area (Å²) in [5.74, 6) is 1.46. The molecule has 0 spiro atoms. The highest BCUT2D eigenvalue weighted by molar-refractivity contribution is 5.17. The SMILES string of the molecule is COc1ccc(CNCC2(C(C)C)CC2)cn1. The van der Waals surface area contributed by atoms with E-state index in [2.05, 4.69) is 30.2 Å². The number of aromatic nitrogens is 1. The van der Waals surface area contributed by atoms with Crippen LogP contribution in [0.5, 0.6) is 5.88 Å². The van der Waals surface area contributed by atoms with Crippen LogP contribution in [0.3, 0.4) is 0 Å². The van der Waals surface area contributed by atoms with E-state index in [4.69, 9.17) is 4.74 Å². The van der Waals surface area contributed by atoms with Gasteiger partial charge in [0.2, 0.25) is 5.88 Å². The summed E-state index contributed by atoms with van der Waals surface area (Å²) in [6, 6.07) is 3.97. The Kier molecular flexibility index (Phi) is 3.67. The first kappa shape index (κ1) is 12.4.